The molecule has 0 unspecified atom stereocenters. The lowest BCUT2D eigenvalue weighted by Gasteiger charge is -2.07. The van der Waals surface area contributed by atoms with Crippen molar-refractivity contribution in [2.75, 3.05) is 13.2 Å². The number of benzene rings is 1. The molecule has 2 heterocycles. The molecule has 29 heavy (non-hydrogen) atoms. The first-order valence-corrected chi connectivity index (χ1v) is 10.2. The highest BCUT2D eigenvalue weighted by Gasteiger charge is 2.12. The molecule has 0 fully saturated rings. The number of ether oxygens (including phenoxy) is 2. The van der Waals surface area contributed by atoms with Gasteiger partial charge in [0.1, 0.15) is 24.6 Å². The molecule has 3 rings (SSSR count). The van der Waals surface area contributed by atoms with E-state index in [-0.39, 0.29) is 19.1 Å². The molecular formula is C21H22N2O5S. The molecular weight excluding hydrogens is 392 g/mol. The average Bonchev–Trinajstić information content (AvgIpc) is 3.43. The first-order valence-electron chi connectivity index (χ1n) is 9.32. The van der Waals surface area contributed by atoms with Crippen molar-refractivity contribution >= 4 is 23.2 Å². The maximum Gasteiger partial charge on any atom is 0.325 e. The summed E-state index contributed by atoms with van der Waals surface area (Å²) in [5.41, 5.74) is 0.949. The van der Waals surface area contributed by atoms with E-state index in [2.05, 4.69) is 17.4 Å². The number of nitrogens with one attached hydrogen (secondary N) is 1. The summed E-state index contributed by atoms with van der Waals surface area (Å²) in [6, 6.07) is 12.3. The smallest absolute Gasteiger partial charge is 0.325 e. The maximum absolute atomic E-state index is 12.1. The Hall–Kier alpha value is -3.13. The number of carbonyl (C=O) groups excluding carboxylic acids is 2. The summed E-state index contributed by atoms with van der Waals surface area (Å²) in [7, 11) is 0. The van der Waals surface area contributed by atoms with Gasteiger partial charge in [0.2, 0.25) is 0 Å². The van der Waals surface area contributed by atoms with Crippen LogP contribution < -0.4 is 10.1 Å². The second-order valence-corrected chi connectivity index (χ2v) is 7.18. The van der Waals surface area contributed by atoms with E-state index in [1.807, 2.05) is 17.5 Å². The van der Waals surface area contributed by atoms with E-state index in [0.29, 0.717) is 29.4 Å². The highest BCUT2D eigenvalue weighted by molar-refractivity contribution is 7.13. The minimum absolute atomic E-state index is 0.0205. The van der Waals surface area contributed by atoms with Crippen molar-refractivity contribution in [1.82, 2.24) is 10.5 Å². The minimum Gasteiger partial charge on any atom is -0.494 e. The Kier molecular flexibility index (Phi) is 7.40. The fourth-order valence-corrected chi connectivity index (χ4v) is 3.08. The fraction of sp³-hybridized carbons (Fsp3) is 0.286. The highest BCUT2D eigenvalue weighted by Crippen LogP contribution is 2.25. The Labute approximate surface area is 172 Å². The molecule has 0 aliphatic rings. The molecule has 0 aliphatic carbocycles. The number of thiophene rings is 1. The highest BCUT2D eigenvalue weighted by atomic mass is 32.1. The van der Waals surface area contributed by atoms with Crippen LogP contribution in [0.25, 0.3) is 10.6 Å². The molecule has 0 aliphatic heterocycles. The van der Waals surface area contributed by atoms with Crippen LogP contribution >= 0.6 is 11.3 Å². The van der Waals surface area contributed by atoms with Crippen LogP contribution in [0.2, 0.25) is 0 Å². The third kappa shape index (κ3) is 6.18. The van der Waals surface area contributed by atoms with Crippen molar-refractivity contribution < 1.29 is 23.6 Å². The molecule has 0 saturated carbocycles. The normalized spacial score (nSPS) is 10.5. The quantitative estimate of drug-likeness (QED) is 0.397. The van der Waals surface area contributed by atoms with Crippen LogP contribution in [0.15, 0.2) is 52.4 Å². The van der Waals surface area contributed by atoms with Crippen molar-refractivity contribution in [2.45, 2.75) is 26.4 Å². The summed E-state index contributed by atoms with van der Waals surface area (Å²) in [5.74, 6) is 0.424. The van der Waals surface area contributed by atoms with Crippen LogP contribution in [0.3, 0.4) is 0 Å². The molecule has 0 bridgehead atoms. The van der Waals surface area contributed by atoms with E-state index in [1.54, 1.807) is 30.3 Å². The number of hydrogen-bond acceptors (Lipinski definition) is 7. The van der Waals surface area contributed by atoms with Gasteiger partial charge < -0.3 is 19.3 Å². The Morgan fingerprint density at radius 3 is 2.76 bits per heavy atom. The molecule has 1 aromatic carbocycles. The van der Waals surface area contributed by atoms with E-state index >= 15 is 0 Å². The summed E-state index contributed by atoms with van der Waals surface area (Å²) in [5, 5.41) is 8.35. The summed E-state index contributed by atoms with van der Waals surface area (Å²) in [4.78, 5) is 25.0. The molecule has 152 valence electrons. The number of amides is 1. The number of aromatic nitrogens is 1. The summed E-state index contributed by atoms with van der Waals surface area (Å²) >= 11 is 1.53. The Morgan fingerprint density at radius 2 is 2.03 bits per heavy atom. The predicted molar refractivity (Wildman–Crippen MR) is 109 cm³/mol. The summed E-state index contributed by atoms with van der Waals surface area (Å²) < 4.78 is 15.9. The van der Waals surface area contributed by atoms with Gasteiger partial charge in [0.05, 0.1) is 11.5 Å². The van der Waals surface area contributed by atoms with Gasteiger partial charge in [0, 0.05) is 11.6 Å². The van der Waals surface area contributed by atoms with Gasteiger partial charge in [-0.25, -0.2) is 0 Å². The van der Waals surface area contributed by atoms with Gasteiger partial charge in [-0.1, -0.05) is 24.6 Å². The van der Waals surface area contributed by atoms with E-state index < -0.39 is 5.97 Å². The first kappa shape index (κ1) is 20.6. The fourth-order valence-electron chi connectivity index (χ4n) is 2.41. The number of unbranched alkanes of at least 4 members (excludes halogenated alkanes) is 1. The van der Waals surface area contributed by atoms with Gasteiger partial charge in [0.15, 0.2) is 5.76 Å². The second kappa shape index (κ2) is 10.4. The predicted octanol–water partition coefficient (Wildman–Crippen LogP) is 4.06. The molecule has 2 aromatic heterocycles. The van der Waals surface area contributed by atoms with Crippen molar-refractivity contribution in [2.24, 2.45) is 0 Å². The maximum atomic E-state index is 12.1. The Balaban J connectivity index is 1.40. The standard InChI is InChI=1S/C21H22N2O5S/c1-2-3-10-26-17-8-6-15(7-9-17)21(25)22-13-20(24)27-14-16-12-18(28-23-16)19-5-4-11-29-19/h4-9,11-12H,2-3,10,13-14H2,1H3,(H,22,25). The number of carbonyl (C=O) groups is 2. The van der Waals surface area contributed by atoms with Crippen molar-refractivity contribution in [3.05, 3.63) is 59.1 Å². The van der Waals surface area contributed by atoms with Crippen LogP contribution in [0.5, 0.6) is 5.75 Å². The lowest BCUT2D eigenvalue weighted by molar-refractivity contribution is -0.143. The zero-order valence-electron chi connectivity index (χ0n) is 16.1. The molecule has 0 atom stereocenters. The Morgan fingerprint density at radius 1 is 1.21 bits per heavy atom. The Bertz CT molecular complexity index is 919. The number of nitrogens with zero attached hydrogens (tertiary/aromatic N) is 1. The molecule has 0 radical (unpaired) electrons. The number of hydrogen-bond donors (Lipinski definition) is 1. The molecule has 0 spiro atoms. The summed E-state index contributed by atoms with van der Waals surface area (Å²) in [6.45, 7) is 2.49. The zero-order valence-corrected chi connectivity index (χ0v) is 16.9. The topological polar surface area (TPSA) is 90.7 Å². The summed E-state index contributed by atoms with van der Waals surface area (Å²) in [6.07, 6.45) is 2.04. The molecule has 3 aromatic rings. The number of esters is 1. The average molecular weight is 414 g/mol. The van der Waals surface area contributed by atoms with Gasteiger partial charge in [0.25, 0.3) is 5.91 Å². The van der Waals surface area contributed by atoms with Gasteiger partial charge in [-0.15, -0.1) is 11.3 Å². The third-order valence-corrected chi connectivity index (χ3v) is 4.86. The molecule has 0 saturated heterocycles. The van der Waals surface area contributed by atoms with Crippen LogP contribution in [-0.2, 0) is 16.1 Å². The molecule has 1 N–H and O–H groups in total. The van der Waals surface area contributed by atoms with E-state index in [1.165, 1.54) is 11.3 Å². The van der Waals surface area contributed by atoms with Crippen LogP contribution in [0.4, 0.5) is 0 Å². The third-order valence-electron chi connectivity index (χ3n) is 3.98. The minimum atomic E-state index is -0.557. The van der Waals surface area contributed by atoms with Crippen LogP contribution in [0, 0.1) is 0 Å². The second-order valence-electron chi connectivity index (χ2n) is 6.23. The molecule has 7 nitrogen and oxygen atoms in total. The first-order chi connectivity index (χ1) is 14.2. The lowest BCUT2D eigenvalue weighted by atomic mass is 10.2. The van der Waals surface area contributed by atoms with Crippen molar-refractivity contribution in [1.29, 1.82) is 0 Å². The van der Waals surface area contributed by atoms with Crippen LogP contribution in [0.1, 0.15) is 35.8 Å². The van der Waals surface area contributed by atoms with E-state index in [0.717, 1.165) is 17.7 Å². The molecule has 8 heteroatoms. The SMILES string of the molecule is CCCCOc1ccc(C(=O)NCC(=O)OCc2cc(-c3cccs3)on2)cc1. The number of rotatable bonds is 10. The van der Waals surface area contributed by atoms with Gasteiger partial charge in [-0.2, -0.15) is 0 Å². The van der Waals surface area contributed by atoms with Gasteiger partial charge in [-0.05, 0) is 42.1 Å². The van der Waals surface area contributed by atoms with Gasteiger partial charge >= 0.3 is 5.97 Å². The van der Waals surface area contributed by atoms with Gasteiger partial charge in [-0.3, -0.25) is 9.59 Å². The monoisotopic (exact) mass is 414 g/mol. The van der Waals surface area contributed by atoms with E-state index in [9.17, 15) is 9.59 Å². The van der Waals surface area contributed by atoms with Crippen molar-refractivity contribution in [3.8, 4) is 16.4 Å². The lowest BCUT2D eigenvalue weighted by Crippen LogP contribution is -2.30. The van der Waals surface area contributed by atoms with Crippen LogP contribution in [-0.4, -0.2) is 30.2 Å². The van der Waals surface area contributed by atoms with E-state index in [4.69, 9.17) is 14.0 Å². The van der Waals surface area contributed by atoms with Crippen molar-refractivity contribution in [3.63, 3.8) is 0 Å². The zero-order chi connectivity index (χ0) is 20.5. The largest absolute Gasteiger partial charge is 0.494 e. The molecule has 1 amide bonds.